The Kier molecular flexibility index (Phi) is 4.17. The SMILES string of the molecule is COc1ccc(F)c(NS(=O)(=O)c2sc(Cl)nc2C)c1. The molecule has 2 rings (SSSR count). The van der Waals surface area contributed by atoms with Gasteiger partial charge in [-0.05, 0) is 19.1 Å². The van der Waals surface area contributed by atoms with Gasteiger partial charge in [0.1, 0.15) is 11.6 Å². The van der Waals surface area contributed by atoms with Crippen LogP contribution in [0, 0.1) is 12.7 Å². The molecule has 0 bridgehead atoms. The molecule has 0 spiro atoms. The Hall–Kier alpha value is -1.38. The Morgan fingerprint density at radius 3 is 2.70 bits per heavy atom. The van der Waals surface area contributed by atoms with Crippen LogP contribution in [0.15, 0.2) is 22.4 Å². The van der Waals surface area contributed by atoms with E-state index in [0.29, 0.717) is 5.75 Å². The van der Waals surface area contributed by atoms with Gasteiger partial charge in [-0.3, -0.25) is 4.72 Å². The average Bonchev–Trinajstić information content (AvgIpc) is 2.72. The van der Waals surface area contributed by atoms with Crippen LogP contribution in [0.2, 0.25) is 4.47 Å². The second kappa shape index (κ2) is 5.55. The molecule has 0 aliphatic heterocycles. The molecule has 0 aliphatic rings. The molecule has 5 nitrogen and oxygen atoms in total. The maximum Gasteiger partial charge on any atom is 0.273 e. The number of thiazole rings is 1. The van der Waals surface area contributed by atoms with Crippen molar-refractivity contribution in [3.63, 3.8) is 0 Å². The van der Waals surface area contributed by atoms with Crippen LogP contribution in [-0.2, 0) is 10.0 Å². The van der Waals surface area contributed by atoms with E-state index in [0.717, 1.165) is 17.4 Å². The van der Waals surface area contributed by atoms with Crippen LogP contribution in [0.1, 0.15) is 5.69 Å². The van der Waals surface area contributed by atoms with Gasteiger partial charge in [0.05, 0.1) is 18.5 Å². The van der Waals surface area contributed by atoms with Crippen molar-refractivity contribution in [2.75, 3.05) is 11.8 Å². The zero-order chi connectivity index (χ0) is 14.9. The third kappa shape index (κ3) is 3.02. The quantitative estimate of drug-likeness (QED) is 0.931. The van der Waals surface area contributed by atoms with E-state index in [1.807, 2.05) is 0 Å². The monoisotopic (exact) mass is 336 g/mol. The summed E-state index contributed by atoms with van der Waals surface area (Å²) in [5.41, 5.74) is 0.0593. The van der Waals surface area contributed by atoms with Gasteiger partial charge in [-0.25, -0.2) is 17.8 Å². The highest BCUT2D eigenvalue weighted by Gasteiger charge is 2.23. The van der Waals surface area contributed by atoms with E-state index >= 15 is 0 Å². The maximum atomic E-state index is 13.6. The minimum absolute atomic E-state index is 0.0512. The van der Waals surface area contributed by atoms with E-state index in [9.17, 15) is 12.8 Å². The number of sulfonamides is 1. The summed E-state index contributed by atoms with van der Waals surface area (Å²) in [5.74, 6) is -0.370. The summed E-state index contributed by atoms with van der Waals surface area (Å²) in [6, 6.07) is 3.76. The van der Waals surface area contributed by atoms with Crippen molar-refractivity contribution < 1.29 is 17.5 Å². The fourth-order valence-corrected chi connectivity index (χ4v) is 4.30. The minimum atomic E-state index is -3.94. The van der Waals surface area contributed by atoms with E-state index in [-0.39, 0.29) is 20.1 Å². The Morgan fingerprint density at radius 2 is 2.15 bits per heavy atom. The largest absolute Gasteiger partial charge is 0.497 e. The summed E-state index contributed by atoms with van der Waals surface area (Å²) in [5, 5.41) is 0. The number of methoxy groups -OCH3 is 1. The zero-order valence-electron chi connectivity index (χ0n) is 10.5. The number of nitrogens with zero attached hydrogens (tertiary/aromatic N) is 1. The summed E-state index contributed by atoms with van der Waals surface area (Å²) in [7, 11) is -2.54. The lowest BCUT2D eigenvalue weighted by atomic mass is 10.3. The lowest BCUT2D eigenvalue weighted by Crippen LogP contribution is -2.13. The smallest absolute Gasteiger partial charge is 0.273 e. The van der Waals surface area contributed by atoms with Crippen molar-refractivity contribution in [3.8, 4) is 5.75 Å². The Morgan fingerprint density at radius 1 is 1.45 bits per heavy atom. The van der Waals surface area contributed by atoms with E-state index in [2.05, 4.69) is 9.71 Å². The van der Waals surface area contributed by atoms with Crippen LogP contribution in [0.25, 0.3) is 0 Å². The molecule has 9 heteroatoms. The summed E-state index contributed by atoms with van der Waals surface area (Å²) in [4.78, 5) is 3.82. The maximum absolute atomic E-state index is 13.6. The van der Waals surface area contributed by atoms with Gasteiger partial charge in [0.15, 0.2) is 8.68 Å². The van der Waals surface area contributed by atoms with Gasteiger partial charge in [0.2, 0.25) is 0 Å². The van der Waals surface area contributed by atoms with Crippen LogP contribution < -0.4 is 9.46 Å². The van der Waals surface area contributed by atoms with Crippen molar-refractivity contribution in [3.05, 3.63) is 34.2 Å². The Labute approximate surface area is 124 Å². The molecule has 1 aromatic heterocycles. The summed E-state index contributed by atoms with van der Waals surface area (Å²) in [6.45, 7) is 1.51. The highest BCUT2D eigenvalue weighted by molar-refractivity contribution is 7.94. The van der Waals surface area contributed by atoms with Crippen LogP contribution in [0.4, 0.5) is 10.1 Å². The molecule has 108 valence electrons. The van der Waals surface area contributed by atoms with E-state index < -0.39 is 15.8 Å². The first-order chi connectivity index (χ1) is 9.33. The zero-order valence-corrected chi connectivity index (χ0v) is 12.9. The highest BCUT2D eigenvalue weighted by Crippen LogP contribution is 2.30. The van der Waals surface area contributed by atoms with Crippen molar-refractivity contribution in [2.45, 2.75) is 11.1 Å². The molecular formula is C11H10ClFN2O3S2. The molecule has 1 aromatic carbocycles. The van der Waals surface area contributed by atoms with Crippen molar-refractivity contribution >= 4 is 38.6 Å². The van der Waals surface area contributed by atoms with E-state index in [4.69, 9.17) is 16.3 Å². The fraction of sp³-hybridized carbons (Fsp3) is 0.182. The lowest BCUT2D eigenvalue weighted by molar-refractivity contribution is 0.414. The summed E-state index contributed by atoms with van der Waals surface area (Å²) in [6.07, 6.45) is 0. The van der Waals surface area contributed by atoms with Gasteiger partial charge < -0.3 is 4.74 Å². The fourth-order valence-electron chi connectivity index (χ4n) is 1.50. The van der Waals surface area contributed by atoms with Crippen molar-refractivity contribution in [1.29, 1.82) is 0 Å². The topological polar surface area (TPSA) is 68.3 Å². The van der Waals surface area contributed by atoms with Crippen LogP contribution >= 0.6 is 22.9 Å². The highest BCUT2D eigenvalue weighted by atomic mass is 35.5. The number of aromatic nitrogens is 1. The number of hydrogen-bond acceptors (Lipinski definition) is 5. The van der Waals surface area contributed by atoms with Crippen molar-refractivity contribution in [2.24, 2.45) is 0 Å². The predicted octanol–water partition coefficient (Wildman–Crippen LogP) is 3.05. The molecule has 20 heavy (non-hydrogen) atoms. The number of benzene rings is 1. The predicted molar refractivity (Wildman–Crippen MR) is 75.6 cm³/mol. The van der Waals surface area contributed by atoms with E-state index in [1.165, 1.54) is 26.2 Å². The number of hydrogen-bond donors (Lipinski definition) is 1. The molecule has 0 saturated heterocycles. The van der Waals surface area contributed by atoms with Crippen LogP contribution in [0.3, 0.4) is 0 Å². The molecule has 0 fully saturated rings. The molecule has 0 radical (unpaired) electrons. The first-order valence-corrected chi connectivity index (χ1v) is 8.00. The van der Waals surface area contributed by atoms with Crippen LogP contribution in [0.5, 0.6) is 5.75 Å². The molecular weight excluding hydrogens is 327 g/mol. The number of anilines is 1. The van der Waals surface area contributed by atoms with Crippen molar-refractivity contribution in [1.82, 2.24) is 4.98 Å². The number of ether oxygens (including phenoxy) is 1. The normalized spacial score (nSPS) is 11.4. The van der Waals surface area contributed by atoms with Gasteiger partial charge in [-0.15, -0.1) is 0 Å². The second-order valence-electron chi connectivity index (χ2n) is 3.79. The number of halogens is 2. The third-order valence-electron chi connectivity index (χ3n) is 2.39. The standard InChI is InChI=1S/C11H10ClFN2O3S2/c1-6-10(19-11(12)14-6)20(16,17)15-9-5-7(18-2)3-4-8(9)13/h3-5,15H,1-2H3. The third-order valence-corrected chi connectivity index (χ3v) is 5.63. The molecule has 0 saturated carbocycles. The Balaban J connectivity index is 2.40. The van der Waals surface area contributed by atoms with Gasteiger partial charge in [0, 0.05) is 6.07 Å². The lowest BCUT2D eigenvalue weighted by Gasteiger charge is -2.09. The minimum Gasteiger partial charge on any atom is -0.497 e. The summed E-state index contributed by atoms with van der Waals surface area (Å²) < 4.78 is 45.1. The Bertz CT molecular complexity index is 746. The van der Waals surface area contributed by atoms with E-state index in [1.54, 1.807) is 0 Å². The van der Waals surface area contributed by atoms with Gasteiger partial charge in [0.25, 0.3) is 10.0 Å². The number of nitrogens with one attached hydrogen (secondary N) is 1. The molecule has 0 unspecified atom stereocenters. The second-order valence-corrected chi connectivity index (χ2v) is 7.25. The molecule has 0 aliphatic carbocycles. The van der Waals surface area contributed by atoms with Gasteiger partial charge >= 0.3 is 0 Å². The molecule has 1 heterocycles. The first-order valence-electron chi connectivity index (χ1n) is 5.33. The molecule has 2 aromatic rings. The molecule has 1 N–H and O–H groups in total. The van der Waals surface area contributed by atoms with Gasteiger partial charge in [-0.1, -0.05) is 22.9 Å². The summed E-state index contributed by atoms with van der Waals surface area (Å²) >= 11 is 6.48. The first kappa shape index (κ1) is 15.0. The molecule has 0 amide bonds. The average molecular weight is 337 g/mol. The molecule has 0 atom stereocenters. The van der Waals surface area contributed by atoms with Crippen LogP contribution in [-0.4, -0.2) is 20.5 Å². The number of aryl methyl sites for hydroxylation is 1. The number of rotatable bonds is 4. The van der Waals surface area contributed by atoms with Gasteiger partial charge in [-0.2, -0.15) is 0 Å².